The van der Waals surface area contributed by atoms with E-state index in [9.17, 15) is 24.5 Å². The number of hydrogen-bond acceptors (Lipinski definition) is 6. The zero-order valence-corrected chi connectivity index (χ0v) is 19.8. The summed E-state index contributed by atoms with van der Waals surface area (Å²) in [5.74, 6) is -1.37. The number of nitrogens with one attached hydrogen (secondary N) is 4. The number of carbonyl (C=O) groups is 3. The monoisotopic (exact) mass is 503 g/mol. The lowest BCUT2D eigenvalue weighted by atomic mass is 10.1. The average molecular weight is 504 g/mol. The summed E-state index contributed by atoms with van der Waals surface area (Å²) in [6.45, 7) is 1.84. The number of non-ortho nitro benzene ring substituents is 1. The van der Waals surface area contributed by atoms with Crippen LogP contribution in [0.4, 0.5) is 11.4 Å². The first-order valence-corrected chi connectivity index (χ1v) is 10.9. The molecule has 0 saturated carbocycles. The second-order valence-electron chi connectivity index (χ2n) is 7.43. The predicted octanol–water partition coefficient (Wildman–Crippen LogP) is 3.50. The second-order valence-corrected chi connectivity index (χ2v) is 7.84. The zero-order chi connectivity index (χ0) is 26.1. The molecule has 0 aliphatic rings. The van der Waals surface area contributed by atoms with Crippen LogP contribution in [0.1, 0.15) is 31.8 Å². The van der Waals surface area contributed by atoms with Crippen molar-refractivity contribution < 1.29 is 19.3 Å². The average Bonchev–Trinajstić information content (AvgIpc) is 2.87. The molecule has 3 aromatic rings. The highest BCUT2D eigenvalue weighted by Crippen LogP contribution is 2.15. The molecule has 0 fully saturated rings. The molecule has 3 amide bonds. The molecule has 0 heterocycles. The number of nitro benzene ring substituents is 1. The minimum atomic E-state index is -0.595. The van der Waals surface area contributed by atoms with Crippen molar-refractivity contribution in [3.8, 4) is 0 Å². The third kappa shape index (κ3) is 7.30. The Morgan fingerprint density at radius 3 is 2.33 bits per heavy atom. The minimum absolute atomic E-state index is 0.0980. The van der Waals surface area contributed by atoms with E-state index in [1.807, 2.05) is 19.1 Å². The lowest BCUT2D eigenvalue weighted by Crippen LogP contribution is -2.48. The van der Waals surface area contributed by atoms with E-state index >= 15 is 0 Å². The molecule has 36 heavy (non-hydrogen) atoms. The molecule has 182 valence electrons. The van der Waals surface area contributed by atoms with Crippen LogP contribution in [-0.2, 0) is 4.79 Å². The number of hydrogen-bond donors (Lipinski definition) is 4. The van der Waals surface area contributed by atoms with Gasteiger partial charge in [0.05, 0.1) is 4.92 Å². The topological polar surface area (TPSA) is 142 Å². The number of nitro groups is 1. The Labute approximate surface area is 211 Å². The van der Waals surface area contributed by atoms with Crippen LogP contribution < -0.4 is 21.5 Å². The highest BCUT2D eigenvalue weighted by atomic mass is 32.1. The molecule has 3 rings (SSSR count). The number of amides is 3. The first-order valence-electron chi connectivity index (χ1n) is 10.5. The van der Waals surface area contributed by atoms with E-state index in [0.29, 0.717) is 16.8 Å². The number of hydrazine groups is 1. The number of thiocarbonyl (C=S) groups is 1. The summed E-state index contributed by atoms with van der Waals surface area (Å²) in [7, 11) is 0. The van der Waals surface area contributed by atoms with Crippen LogP contribution in [0.15, 0.2) is 78.9 Å². The van der Waals surface area contributed by atoms with Crippen LogP contribution in [0, 0.1) is 17.0 Å². The van der Waals surface area contributed by atoms with Gasteiger partial charge in [-0.15, -0.1) is 0 Å². The standard InChI is InChI=1S/C25H21N5O5S/c1-16-5-2-3-8-21(16)24(33)26-19-12-10-18(11-13-19)23(32)28-29-25(36)27-22(31)14-9-17-6-4-7-20(15-17)30(34)35/h2-15H,1H3,(H,26,33)(H,28,32)(H2,27,29,31,36)/b14-9+. The Hall–Kier alpha value is -4.90. The first-order chi connectivity index (χ1) is 17.2. The predicted molar refractivity (Wildman–Crippen MR) is 139 cm³/mol. The molecule has 0 unspecified atom stereocenters. The maximum Gasteiger partial charge on any atom is 0.270 e. The van der Waals surface area contributed by atoms with Crippen molar-refractivity contribution in [2.24, 2.45) is 0 Å². The molecule has 11 heteroatoms. The van der Waals surface area contributed by atoms with E-state index in [4.69, 9.17) is 12.2 Å². The van der Waals surface area contributed by atoms with Crippen molar-refractivity contribution in [2.75, 3.05) is 5.32 Å². The Balaban J connectivity index is 1.47. The molecular weight excluding hydrogens is 482 g/mol. The Morgan fingerprint density at radius 2 is 1.64 bits per heavy atom. The molecule has 0 aliphatic carbocycles. The molecule has 0 aliphatic heterocycles. The van der Waals surface area contributed by atoms with Gasteiger partial charge in [0, 0.05) is 35.0 Å². The second kappa shape index (κ2) is 12.0. The van der Waals surface area contributed by atoms with Crippen LogP contribution in [-0.4, -0.2) is 27.8 Å². The lowest BCUT2D eigenvalue weighted by Gasteiger charge is -2.11. The first kappa shape index (κ1) is 25.7. The van der Waals surface area contributed by atoms with Crippen molar-refractivity contribution in [1.29, 1.82) is 0 Å². The number of nitrogens with zero attached hydrogens (tertiary/aromatic N) is 1. The van der Waals surface area contributed by atoms with E-state index in [1.54, 1.807) is 30.3 Å². The summed E-state index contributed by atoms with van der Waals surface area (Å²) < 4.78 is 0. The van der Waals surface area contributed by atoms with Gasteiger partial charge < -0.3 is 5.32 Å². The molecule has 0 bridgehead atoms. The van der Waals surface area contributed by atoms with Gasteiger partial charge in [-0.3, -0.25) is 40.7 Å². The molecule has 4 N–H and O–H groups in total. The van der Waals surface area contributed by atoms with Crippen molar-refractivity contribution in [3.05, 3.63) is 111 Å². The highest BCUT2D eigenvalue weighted by molar-refractivity contribution is 7.80. The summed E-state index contributed by atoms with van der Waals surface area (Å²) in [6.07, 6.45) is 2.54. The maximum atomic E-state index is 12.4. The third-order valence-corrected chi connectivity index (χ3v) is 5.03. The van der Waals surface area contributed by atoms with Gasteiger partial charge in [-0.05, 0) is 66.7 Å². The molecule has 0 spiro atoms. The number of rotatable bonds is 6. The van der Waals surface area contributed by atoms with Crippen molar-refractivity contribution in [3.63, 3.8) is 0 Å². The van der Waals surface area contributed by atoms with Crippen LogP contribution >= 0.6 is 12.2 Å². The van der Waals surface area contributed by atoms with E-state index in [1.165, 1.54) is 36.4 Å². The fourth-order valence-electron chi connectivity index (χ4n) is 3.02. The van der Waals surface area contributed by atoms with E-state index in [-0.39, 0.29) is 22.3 Å². The summed E-state index contributed by atoms with van der Waals surface area (Å²) in [4.78, 5) is 47.0. The summed E-state index contributed by atoms with van der Waals surface area (Å²) >= 11 is 4.98. The summed E-state index contributed by atoms with van der Waals surface area (Å²) in [6, 6.07) is 19.2. The molecule has 0 radical (unpaired) electrons. The van der Waals surface area contributed by atoms with Crippen LogP contribution in [0.2, 0.25) is 0 Å². The SMILES string of the molecule is Cc1ccccc1C(=O)Nc1ccc(C(=O)NNC(=S)NC(=O)/C=C/c2cccc([N+](=O)[O-])c2)cc1. The van der Waals surface area contributed by atoms with Crippen molar-refractivity contribution >= 4 is 52.5 Å². The fraction of sp³-hybridized carbons (Fsp3) is 0.0400. The van der Waals surface area contributed by atoms with Gasteiger partial charge in [0.1, 0.15) is 0 Å². The molecule has 0 atom stereocenters. The van der Waals surface area contributed by atoms with E-state index < -0.39 is 16.7 Å². The van der Waals surface area contributed by atoms with Crippen molar-refractivity contribution in [1.82, 2.24) is 16.2 Å². The van der Waals surface area contributed by atoms with Crippen LogP contribution in [0.3, 0.4) is 0 Å². The van der Waals surface area contributed by atoms with Gasteiger partial charge >= 0.3 is 0 Å². The van der Waals surface area contributed by atoms with Gasteiger partial charge in [-0.1, -0.05) is 30.3 Å². The van der Waals surface area contributed by atoms with Gasteiger partial charge in [0.25, 0.3) is 17.5 Å². The normalized spacial score (nSPS) is 10.4. The highest BCUT2D eigenvalue weighted by Gasteiger charge is 2.11. The van der Waals surface area contributed by atoms with Crippen LogP contribution in [0.5, 0.6) is 0 Å². The molecule has 0 aromatic heterocycles. The summed E-state index contributed by atoms with van der Waals surface area (Å²) in [5, 5.41) is 15.8. The van der Waals surface area contributed by atoms with E-state index in [2.05, 4.69) is 21.5 Å². The molecule has 10 nitrogen and oxygen atoms in total. The maximum absolute atomic E-state index is 12.4. The largest absolute Gasteiger partial charge is 0.322 e. The van der Waals surface area contributed by atoms with Gasteiger partial charge in [-0.2, -0.15) is 0 Å². The number of carbonyl (C=O) groups excluding carboxylic acids is 3. The number of benzene rings is 3. The lowest BCUT2D eigenvalue weighted by molar-refractivity contribution is -0.384. The summed E-state index contributed by atoms with van der Waals surface area (Å²) in [5.41, 5.74) is 7.35. The Kier molecular flexibility index (Phi) is 8.57. The Bertz CT molecular complexity index is 1350. The van der Waals surface area contributed by atoms with Crippen LogP contribution in [0.25, 0.3) is 6.08 Å². The molecular formula is C25H21N5O5S. The number of anilines is 1. The Morgan fingerprint density at radius 1 is 0.917 bits per heavy atom. The fourth-order valence-corrected chi connectivity index (χ4v) is 3.17. The van der Waals surface area contributed by atoms with Gasteiger partial charge in [0.15, 0.2) is 5.11 Å². The van der Waals surface area contributed by atoms with Crippen molar-refractivity contribution in [2.45, 2.75) is 6.92 Å². The molecule has 3 aromatic carbocycles. The zero-order valence-electron chi connectivity index (χ0n) is 19.0. The van der Waals surface area contributed by atoms with Gasteiger partial charge in [-0.25, -0.2) is 0 Å². The quantitative estimate of drug-likeness (QED) is 0.174. The van der Waals surface area contributed by atoms with Gasteiger partial charge in [0.2, 0.25) is 5.91 Å². The third-order valence-electron chi connectivity index (χ3n) is 4.83. The smallest absolute Gasteiger partial charge is 0.270 e. The molecule has 0 saturated heterocycles. The number of aryl methyl sites for hydroxylation is 1. The minimum Gasteiger partial charge on any atom is -0.322 e. The van der Waals surface area contributed by atoms with E-state index in [0.717, 1.165) is 11.6 Å².